The van der Waals surface area contributed by atoms with Crippen LogP contribution in [0.4, 0.5) is 11.6 Å². The fourth-order valence-corrected chi connectivity index (χ4v) is 3.63. The van der Waals surface area contributed by atoms with Gasteiger partial charge in [0.15, 0.2) is 0 Å². The Morgan fingerprint density at radius 1 is 1.13 bits per heavy atom. The fraction of sp³-hybridized carbons (Fsp3) is 0.217. The van der Waals surface area contributed by atoms with E-state index in [4.69, 9.17) is 9.47 Å². The number of nitrogens with one attached hydrogen (secondary N) is 2. The van der Waals surface area contributed by atoms with Gasteiger partial charge in [0.2, 0.25) is 5.95 Å². The highest BCUT2D eigenvalue weighted by atomic mass is 16.5. The molecule has 0 atom stereocenters. The van der Waals surface area contributed by atoms with Crippen molar-refractivity contribution < 1.29 is 9.47 Å². The van der Waals surface area contributed by atoms with E-state index < -0.39 is 0 Å². The molecule has 0 unspecified atom stereocenters. The normalized spacial score (nSPS) is 14.3. The van der Waals surface area contributed by atoms with Crippen molar-refractivity contribution >= 4 is 22.7 Å². The molecule has 1 aliphatic rings. The van der Waals surface area contributed by atoms with E-state index in [1.165, 1.54) is 0 Å². The standard InChI is InChI=1S/C23H20N6O2/c24-13-15-2-1-3-18(22(15)31-17-7-10-30-11-8-17)19-6-9-25-23(29-19)28-16-4-5-20-21(12-16)27-14-26-20/h1-6,9,12,14,17H,7-8,10-11H2,(H,26,27)(H,25,28,29). The number of para-hydroxylation sites is 1. The summed E-state index contributed by atoms with van der Waals surface area (Å²) in [7, 11) is 0. The van der Waals surface area contributed by atoms with Crippen LogP contribution in [0, 0.1) is 11.3 Å². The largest absolute Gasteiger partial charge is 0.488 e. The van der Waals surface area contributed by atoms with Gasteiger partial charge in [-0.25, -0.2) is 15.0 Å². The maximum atomic E-state index is 9.63. The van der Waals surface area contributed by atoms with E-state index in [-0.39, 0.29) is 6.10 Å². The minimum absolute atomic E-state index is 0.0163. The molecule has 4 aromatic rings. The summed E-state index contributed by atoms with van der Waals surface area (Å²) in [5.74, 6) is 1.01. The smallest absolute Gasteiger partial charge is 0.227 e. The van der Waals surface area contributed by atoms with Crippen LogP contribution in [0.1, 0.15) is 18.4 Å². The first-order valence-electron chi connectivity index (χ1n) is 10.1. The van der Waals surface area contributed by atoms with Gasteiger partial charge in [0, 0.05) is 30.3 Å². The molecule has 1 aliphatic heterocycles. The van der Waals surface area contributed by atoms with Gasteiger partial charge in [0.25, 0.3) is 0 Å². The zero-order valence-corrected chi connectivity index (χ0v) is 16.7. The van der Waals surface area contributed by atoms with Crippen LogP contribution in [-0.2, 0) is 4.74 Å². The van der Waals surface area contributed by atoms with Crippen molar-refractivity contribution in [3.8, 4) is 23.1 Å². The third kappa shape index (κ3) is 4.04. The molecule has 3 heterocycles. The monoisotopic (exact) mass is 412 g/mol. The van der Waals surface area contributed by atoms with Gasteiger partial charge in [-0.15, -0.1) is 0 Å². The molecule has 31 heavy (non-hydrogen) atoms. The molecule has 0 spiro atoms. The van der Waals surface area contributed by atoms with Crippen LogP contribution in [0.5, 0.6) is 5.75 Å². The molecule has 8 heteroatoms. The Kier molecular flexibility index (Phi) is 5.17. The van der Waals surface area contributed by atoms with Gasteiger partial charge in [-0.3, -0.25) is 0 Å². The molecule has 2 aromatic carbocycles. The van der Waals surface area contributed by atoms with Crippen LogP contribution in [0.15, 0.2) is 55.0 Å². The van der Waals surface area contributed by atoms with E-state index in [1.807, 2.05) is 36.4 Å². The molecule has 8 nitrogen and oxygen atoms in total. The zero-order chi connectivity index (χ0) is 21.0. The van der Waals surface area contributed by atoms with E-state index in [2.05, 4.69) is 31.3 Å². The Labute approximate surface area is 178 Å². The lowest BCUT2D eigenvalue weighted by atomic mass is 10.1. The highest BCUT2D eigenvalue weighted by Gasteiger charge is 2.20. The van der Waals surface area contributed by atoms with Crippen molar-refractivity contribution in [2.75, 3.05) is 18.5 Å². The van der Waals surface area contributed by atoms with Crippen LogP contribution in [0.3, 0.4) is 0 Å². The summed E-state index contributed by atoms with van der Waals surface area (Å²) in [6.45, 7) is 1.33. The quantitative estimate of drug-likeness (QED) is 0.506. The van der Waals surface area contributed by atoms with Crippen LogP contribution < -0.4 is 10.1 Å². The Bertz CT molecular complexity index is 1260. The van der Waals surface area contributed by atoms with Crippen LogP contribution in [0.2, 0.25) is 0 Å². The highest BCUT2D eigenvalue weighted by Crippen LogP contribution is 2.34. The number of hydrogen-bond acceptors (Lipinski definition) is 7. The average Bonchev–Trinajstić information content (AvgIpc) is 3.28. The third-order valence-electron chi connectivity index (χ3n) is 5.20. The lowest BCUT2D eigenvalue weighted by molar-refractivity contribution is 0.0257. The Balaban J connectivity index is 1.46. The van der Waals surface area contributed by atoms with Gasteiger partial charge >= 0.3 is 0 Å². The molecule has 1 fully saturated rings. The lowest BCUT2D eigenvalue weighted by Gasteiger charge is -2.25. The molecular weight excluding hydrogens is 392 g/mol. The van der Waals surface area contributed by atoms with Crippen LogP contribution >= 0.6 is 0 Å². The molecule has 0 aliphatic carbocycles. The summed E-state index contributed by atoms with van der Waals surface area (Å²) in [5.41, 5.74) is 4.60. The van der Waals surface area contributed by atoms with E-state index in [0.29, 0.717) is 36.2 Å². The Morgan fingerprint density at radius 3 is 2.90 bits per heavy atom. The van der Waals surface area contributed by atoms with Crippen molar-refractivity contribution in [1.82, 2.24) is 19.9 Å². The number of ether oxygens (including phenoxy) is 2. The Hall–Kier alpha value is -3.96. The molecule has 5 rings (SSSR count). The predicted molar refractivity (Wildman–Crippen MR) is 116 cm³/mol. The number of rotatable bonds is 5. The van der Waals surface area contributed by atoms with E-state index >= 15 is 0 Å². The average molecular weight is 412 g/mol. The molecule has 0 amide bonds. The molecule has 0 radical (unpaired) electrons. The van der Waals surface area contributed by atoms with Gasteiger partial charge in [-0.2, -0.15) is 5.26 Å². The van der Waals surface area contributed by atoms with E-state index in [9.17, 15) is 5.26 Å². The van der Waals surface area contributed by atoms with Crippen molar-refractivity contribution in [1.29, 1.82) is 5.26 Å². The summed E-state index contributed by atoms with van der Waals surface area (Å²) < 4.78 is 11.7. The maximum Gasteiger partial charge on any atom is 0.227 e. The molecule has 0 saturated carbocycles. The molecule has 2 N–H and O–H groups in total. The van der Waals surface area contributed by atoms with Gasteiger partial charge < -0.3 is 19.8 Å². The molecule has 154 valence electrons. The maximum absolute atomic E-state index is 9.63. The zero-order valence-electron chi connectivity index (χ0n) is 16.7. The molecular formula is C23H20N6O2. The molecule has 2 aromatic heterocycles. The minimum atomic E-state index is 0.0163. The first-order chi connectivity index (χ1) is 15.3. The van der Waals surface area contributed by atoms with Crippen molar-refractivity contribution in [3.63, 3.8) is 0 Å². The number of benzene rings is 2. The second-order valence-electron chi connectivity index (χ2n) is 7.25. The van der Waals surface area contributed by atoms with Gasteiger partial charge in [-0.1, -0.05) is 6.07 Å². The van der Waals surface area contributed by atoms with Gasteiger partial charge in [0.1, 0.15) is 17.9 Å². The van der Waals surface area contributed by atoms with Crippen LogP contribution in [0.25, 0.3) is 22.3 Å². The number of H-pyrrole nitrogens is 1. The minimum Gasteiger partial charge on any atom is -0.488 e. The third-order valence-corrected chi connectivity index (χ3v) is 5.20. The fourth-order valence-electron chi connectivity index (χ4n) is 3.63. The summed E-state index contributed by atoms with van der Waals surface area (Å²) >= 11 is 0. The number of nitrogens with zero attached hydrogens (tertiary/aromatic N) is 4. The van der Waals surface area contributed by atoms with E-state index in [0.717, 1.165) is 35.1 Å². The lowest BCUT2D eigenvalue weighted by Crippen LogP contribution is -2.26. The first kappa shape index (κ1) is 19.0. The number of anilines is 2. The first-order valence-corrected chi connectivity index (χ1v) is 10.1. The number of aromatic nitrogens is 4. The number of fused-ring (bicyclic) bond motifs is 1. The second kappa shape index (κ2) is 8.42. The summed E-state index contributed by atoms with van der Waals surface area (Å²) in [4.78, 5) is 16.3. The number of imidazole rings is 1. The van der Waals surface area contributed by atoms with Gasteiger partial charge in [-0.05, 0) is 36.4 Å². The van der Waals surface area contributed by atoms with Crippen molar-refractivity contribution in [2.24, 2.45) is 0 Å². The van der Waals surface area contributed by atoms with Crippen LogP contribution in [-0.4, -0.2) is 39.3 Å². The van der Waals surface area contributed by atoms with Crippen molar-refractivity contribution in [3.05, 3.63) is 60.6 Å². The number of nitriles is 1. The number of aromatic amines is 1. The SMILES string of the molecule is N#Cc1cccc(-c2ccnc(Nc3ccc4nc[nH]c4c3)n2)c1OC1CCOCC1. The topological polar surface area (TPSA) is 109 Å². The van der Waals surface area contributed by atoms with Crippen molar-refractivity contribution in [2.45, 2.75) is 18.9 Å². The molecule has 0 bridgehead atoms. The summed E-state index contributed by atoms with van der Waals surface area (Å²) in [6.07, 6.45) is 4.96. The van der Waals surface area contributed by atoms with E-state index in [1.54, 1.807) is 18.6 Å². The molecule has 1 saturated heterocycles. The highest BCUT2D eigenvalue weighted by molar-refractivity contribution is 5.80. The van der Waals surface area contributed by atoms with Gasteiger partial charge in [0.05, 0.1) is 41.8 Å². The predicted octanol–water partition coefficient (Wildman–Crippen LogP) is 4.19. The summed E-state index contributed by atoms with van der Waals surface area (Å²) in [5, 5.41) is 12.9. The number of hydrogen-bond donors (Lipinski definition) is 2. The Morgan fingerprint density at radius 2 is 2.03 bits per heavy atom. The second-order valence-corrected chi connectivity index (χ2v) is 7.25. The summed E-state index contributed by atoms with van der Waals surface area (Å²) in [6, 6.07) is 15.4.